The van der Waals surface area contributed by atoms with Crippen LogP contribution in [0.3, 0.4) is 0 Å². The Morgan fingerprint density at radius 2 is 2.03 bits per heavy atom. The number of rotatable bonds is 7. The standard InChI is InChI=1S/C15H24N4O11S/c1-7(22)15(13(16)12(24)11(23)9(5-20)29-15)18(6-21)10-3-2-8-4-17(10)14(25)19(8)30-31(26,27)28/h6,8-13,20,23-24H,2-5,16H2,1H3,(H,26,27,28)/t8-,9-,10-,11-,12+,13-,15?/m1/s1. The van der Waals surface area contributed by atoms with Gasteiger partial charge in [0.2, 0.25) is 12.1 Å². The van der Waals surface area contributed by atoms with Crippen molar-refractivity contribution in [3.05, 3.63) is 0 Å². The number of fused-ring (bicyclic) bond motifs is 2. The highest BCUT2D eigenvalue weighted by Crippen LogP contribution is 2.39. The third-order valence-electron chi connectivity index (χ3n) is 5.85. The Balaban J connectivity index is 1.99. The molecule has 3 amide bonds. The van der Waals surface area contributed by atoms with E-state index in [9.17, 15) is 38.1 Å². The van der Waals surface area contributed by atoms with Crippen molar-refractivity contribution in [1.29, 1.82) is 0 Å². The Hall–Kier alpha value is -1.92. The number of Topliss-reactive ketones (excluding diaryl/α,β-unsaturated/α-hetero) is 1. The van der Waals surface area contributed by atoms with Crippen LogP contribution >= 0.6 is 0 Å². The van der Waals surface area contributed by atoms with Crippen molar-refractivity contribution in [3.63, 3.8) is 0 Å². The molecule has 3 saturated heterocycles. The summed E-state index contributed by atoms with van der Waals surface area (Å²) in [7, 11) is -4.99. The Labute approximate surface area is 176 Å². The van der Waals surface area contributed by atoms with Gasteiger partial charge in [-0.05, 0) is 19.8 Å². The molecule has 3 rings (SSSR count). The summed E-state index contributed by atoms with van der Waals surface area (Å²) in [5, 5.41) is 30.4. The number of hydrogen-bond acceptors (Lipinski definition) is 11. The quantitative estimate of drug-likeness (QED) is 0.179. The Kier molecular flexibility index (Phi) is 6.29. The molecule has 2 bridgehead atoms. The minimum atomic E-state index is -4.99. The van der Waals surface area contributed by atoms with Crippen LogP contribution < -0.4 is 5.73 Å². The first-order chi connectivity index (χ1) is 14.4. The zero-order valence-electron chi connectivity index (χ0n) is 16.3. The van der Waals surface area contributed by atoms with Gasteiger partial charge in [-0.2, -0.15) is 13.5 Å². The maximum absolute atomic E-state index is 12.7. The van der Waals surface area contributed by atoms with Crippen LogP contribution in [0.1, 0.15) is 19.8 Å². The largest absolute Gasteiger partial charge is 0.418 e. The second-order valence-electron chi connectivity index (χ2n) is 7.59. The number of hydroxylamine groups is 2. The lowest BCUT2D eigenvalue weighted by atomic mass is 9.84. The number of amides is 3. The molecule has 0 spiro atoms. The number of ether oxygens (including phenoxy) is 1. The number of carbonyl (C=O) groups excluding carboxylic acids is 3. The molecule has 31 heavy (non-hydrogen) atoms. The van der Waals surface area contributed by atoms with Gasteiger partial charge in [-0.15, -0.1) is 4.28 Å². The predicted molar refractivity (Wildman–Crippen MR) is 96.6 cm³/mol. The molecule has 1 unspecified atom stereocenters. The maximum Gasteiger partial charge on any atom is 0.418 e. The van der Waals surface area contributed by atoms with Gasteiger partial charge in [-0.1, -0.05) is 0 Å². The number of piperidine rings is 1. The molecule has 6 N–H and O–H groups in total. The molecule has 0 aromatic rings. The van der Waals surface area contributed by atoms with E-state index in [1.54, 1.807) is 0 Å². The van der Waals surface area contributed by atoms with Crippen LogP contribution in [-0.2, 0) is 29.0 Å². The van der Waals surface area contributed by atoms with Gasteiger partial charge in [0.15, 0.2) is 5.78 Å². The number of ketones is 1. The fraction of sp³-hybridized carbons (Fsp3) is 0.800. The van der Waals surface area contributed by atoms with Crippen molar-refractivity contribution in [2.24, 2.45) is 5.73 Å². The number of urea groups is 1. The van der Waals surface area contributed by atoms with E-state index in [1.807, 2.05) is 0 Å². The molecule has 3 aliphatic heterocycles. The average molecular weight is 468 g/mol. The summed E-state index contributed by atoms with van der Waals surface area (Å²) in [6.07, 6.45) is -5.71. The average Bonchev–Trinajstić information content (AvgIpc) is 2.93. The lowest BCUT2D eigenvalue weighted by Crippen LogP contribution is -2.78. The number of carbonyl (C=O) groups is 3. The van der Waals surface area contributed by atoms with E-state index >= 15 is 0 Å². The van der Waals surface area contributed by atoms with Crippen LogP contribution in [0, 0.1) is 0 Å². The van der Waals surface area contributed by atoms with Gasteiger partial charge in [-0.3, -0.25) is 23.9 Å². The number of nitrogens with two attached hydrogens (primary N) is 1. The van der Waals surface area contributed by atoms with Crippen molar-refractivity contribution < 1.29 is 51.7 Å². The van der Waals surface area contributed by atoms with Crippen LogP contribution in [-0.4, -0.2) is 117 Å². The first-order valence-corrected chi connectivity index (χ1v) is 10.7. The zero-order valence-corrected chi connectivity index (χ0v) is 17.2. The molecule has 0 saturated carbocycles. The van der Waals surface area contributed by atoms with Gasteiger partial charge in [0.25, 0.3) is 0 Å². The van der Waals surface area contributed by atoms with E-state index in [1.165, 1.54) is 0 Å². The summed E-state index contributed by atoms with van der Waals surface area (Å²) in [5.74, 6) is -0.837. The van der Waals surface area contributed by atoms with Crippen LogP contribution in [0.5, 0.6) is 0 Å². The van der Waals surface area contributed by atoms with Gasteiger partial charge in [0, 0.05) is 6.54 Å². The third kappa shape index (κ3) is 3.78. The molecule has 7 atom stereocenters. The fourth-order valence-electron chi connectivity index (χ4n) is 4.39. The fourth-order valence-corrected chi connectivity index (χ4v) is 4.78. The highest BCUT2D eigenvalue weighted by molar-refractivity contribution is 7.80. The maximum atomic E-state index is 12.7. The Morgan fingerprint density at radius 1 is 1.39 bits per heavy atom. The number of nitrogens with zero attached hydrogens (tertiary/aromatic N) is 3. The molecule has 176 valence electrons. The van der Waals surface area contributed by atoms with E-state index in [0.717, 1.165) is 16.7 Å². The lowest BCUT2D eigenvalue weighted by molar-refractivity contribution is -0.275. The minimum absolute atomic E-state index is 0.0357. The summed E-state index contributed by atoms with van der Waals surface area (Å²) < 4.78 is 40.9. The van der Waals surface area contributed by atoms with Crippen LogP contribution in [0.4, 0.5) is 4.79 Å². The molecular formula is C15H24N4O11S. The molecular weight excluding hydrogens is 444 g/mol. The van der Waals surface area contributed by atoms with Crippen molar-refractivity contribution in [1.82, 2.24) is 14.9 Å². The molecule has 3 heterocycles. The van der Waals surface area contributed by atoms with Gasteiger partial charge >= 0.3 is 16.4 Å². The summed E-state index contributed by atoms with van der Waals surface area (Å²) in [6.45, 7) is 0.111. The smallest absolute Gasteiger partial charge is 0.394 e. The van der Waals surface area contributed by atoms with Crippen LogP contribution in [0.15, 0.2) is 0 Å². The lowest BCUT2D eigenvalue weighted by Gasteiger charge is -2.54. The topological polar surface area (TPSA) is 220 Å². The summed E-state index contributed by atoms with van der Waals surface area (Å²) in [6, 6.07) is -3.40. The monoisotopic (exact) mass is 468 g/mol. The molecule has 16 heteroatoms. The highest BCUT2D eigenvalue weighted by atomic mass is 32.3. The summed E-state index contributed by atoms with van der Waals surface area (Å²) in [5.41, 5.74) is 3.66. The van der Waals surface area contributed by atoms with E-state index in [4.69, 9.17) is 15.0 Å². The van der Waals surface area contributed by atoms with E-state index in [0.29, 0.717) is 5.06 Å². The highest BCUT2D eigenvalue weighted by Gasteiger charge is 2.62. The predicted octanol–water partition coefficient (Wildman–Crippen LogP) is -3.87. The molecule has 0 radical (unpaired) electrons. The molecule has 0 aromatic heterocycles. The molecule has 15 nitrogen and oxygen atoms in total. The van der Waals surface area contributed by atoms with E-state index in [-0.39, 0.29) is 25.8 Å². The number of aliphatic hydroxyl groups is 3. The second kappa shape index (κ2) is 8.21. The number of aliphatic hydroxyl groups excluding tert-OH is 3. The van der Waals surface area contributed by atoms with Crippen molar-refractivity contribution in [3.8, 4) is 0 Å². The van der Waals surface area contributed by atoms with Gasteiger partial charge in [0.05, 0.1) is 18.7 Å². The molecule has 3 aliphatic rings. The third-order valence-corrected chi connectivity index (χ3v) is 6.20. The van der Waals surface area contributed by atoms with Crippen LogP contribution in [0.25, 0.3) is 0 Å². The first-order valence-electron chi connectivity index (χ1n) is 9.31. The SMILES string of the molecule is CC(=O)C1(N(C=O)[C@@H]2CC[C@@H]3CN2C(=O)N3OS(=O)(=O)O)O[C@H](CO)[C@@H](O)[C@H](O)[C@H]1N. The van der Waals surface area contributed by atoms with Gasteiger partial charge in [-0.25, -0.2) is 4.79 Å². The van der Waals surface area contributed by atoms with Crippen molar-refractivity contribution >= 4 is 28.6 Å². The second-order valence-corrected chi connectivity index (χ2v) is 8.59. The van der Waals surface area contributed by atoms with Gasteiger partial charge < -0.3 is 25.8 Å². The summed E-state index contributed by atoms with van der Waals surface area (Å²) in [4.78, 5) is 39.3. The van der Waals surface area contributed by atoms with E-state index < -0.39 is 71.1 Å². The minimum Gasteiger partial charge on any atom is -0.394 e. The van der Waals surface area contributed by atoms with E-state index in [2.05, 4.69) is 4.28 Å². The van der Waals surface area contributed by atoms with Crippen LogP contribution in [0.2, 0.25) is 0 Å². The Morgan fingerprint density at radius 3 is 2.55 bits per heavy atom. The normalized spacial score (nSPS) is 38.3. The zero-order chi connectivity index (χ0) is 23.3. The first kappa shape index (κ1) is 23.7. The van der Waals surface area contributed by atoms with Crippen molar-refractivity contribution in [2.75, 3.05) is 13.2 Å². The van der Waals surface area contributed by atoms with Gasteiger partial charge in [0.1, 0.15) is 24.5 Å². The molecule has 0 aromatic carbocycles. The summed E-state index contributed by atoms with van der Waals surface area (Å²) >= 11 is 0. The number of hydrogen-bond donors (Lipinski definition) is 5. The molecule has 3 fully saturated rings. The Bertz CT molecular complexity index is 854. The molecule has 0 aliphatic carbocycles. The van der Waals surface area contributed by atoms with Crippen molar-refractivity contribution in [2.45, 2.75) is 62.1 Å².